The summed E-state index contributed by atoms with van der Waals surface area (Å²) in [7, 11) is -2.03. The van der Waals surface area contributed by atoms with Gasteiger partial charge in [-0.3, -0.25) is 4.79 Å². The normalized spacial score (nSPS) is 16.2. The van der Waals surface area contributed by atoms with Crippen molar-refractivity contribution in [1.29, 1.82) is 0 Å². The van der Waals surface area contributed by atoms with E-state index in [1.54, 1.807) is 24.3 Å². The number of amides is 1. The number of carbonyl (C=O) groups is 1. The lowest BCUT2D eigenvalue weighted by Crippen LogP contribution is -2.32. The molecule has 1 aliphatic rings. The summed E-state index contributed by atoms with van der Waals surface area (Å²) in [5, 5.41) is 2.97. The van der Waals surface area contributed by atoms with Crippen LogP contribution >= 0.6 is 0 Å². The first-order valence-corrected chi connectivity index (χ1v) is 9.36. The Kier molecular flexibility index (Phi) is 6.56. The van der Waals surface area contributed by atoms with Gasteiger partial charge in [0, 0.05) is 26.2 Å². The molecule has 0 aromatic heterocycles. The van der Waals surface area contributed by atoms with Crippen LogP contribution in [0.4, 0.5) is 0 Å². The number of hydrogen-bond acceptors (Lipinski definition) is 4. The van der Waals surface area contributed by atoms with Gasteiger partial charge in [-0.2, -0.15) is 0 Å². The molecular formula is C16H24N2O4S. The Labute approximate surface area is 137 Å². The molecule has 1 saturated heterocycles. The van der Waals surface area contributed by atoms with Crippen molar-refractivity contribution in [3.8, 4) is 0 Å². The summed E-state index contributed by atoms with van der Waals surface area (Å²) in [6.45, 7) is 2.27. The second kappa shape index (κ2) is 8.42. The van der Waals surface area contributed by atoms with Crippen molar-refractivity contribution < 1.29 is 17.9 Å². The minimum absolute atomic E-state index is 0.0309. The van der Waals surface area contributed by atoms with E-state index in [-0.39, 0.29) is 10.8 Å². The Bertz CT molecular complexity index is 607. The molecule has 0 bridgehead atoms. The Hall–Kier alpha value is -1.44. The highest BCUT2D eigenvalue weighted by Gasteiger charge is 2.15. The van der Waals surface area contributed by atoms with E-state index >= 15 is 0 Å². The molecular weight excluding hydrogens is 316 g/mol. The Balaban J connectivity index is 1.75. The van der Waals surface area contributed by atoms with E-state index in [0.29, 0.717) is 25.3 Å². The number of nitrogens with one attached hydrogen (secondary N) is 2. The quantitative estimate of drug-likeness (QED) is 0.778. The van der Waals surface area contributed by atoms with Crippen LogP contribution in [0.3, 0.4) is 0 Å². The highest BCUT2D eigenvalue weighted by Crippen LogP contribution is 2.14. The molecule has 0 radical (unpaired) electrons. The van der Waals surface area contributed by atoms with Crippen molar-refractivity contribution in [2.75, 3.05) is 26.8 Å². The molecule has 7 heteroatoms. The topological polar surface area (TPSA) is 84.5 Å². The SMILES string of the molecule is CNS(=O)(=O)c1ccc(CCC(=O)NCC2CCOCC2)cc1. The van der Waals surface area contributed by atoms with Crippen molar-refractivity contribution in [3.63, 3.8) is 0 Å². The van der Waals surface area contributed by atoms with E-state index in [2.05, 4.69) is 10.0 Å². The molecule has 1 amide bonds. The van der Waals surface area contributed by atoms with Gasteiger partial charge in [-0.25, -0.2) is 13.1 Å². The van der Waals surface area contributed by atoms with E-state index in [1.807, 2.05) is 0 Å². The zero-order chi connectivity index (χ0) is 16.7. The summed E-state index contributed by atoms with van der Waals surface area (Å²) in [6.07, 6.45) is 3.00. The van der Waals surface area contributed by atoms with Gasteiger partial charge in [0.25, 0.3) is 0 Å². The van der Waals surface area contributed by atoms with E-state index in [0.717, 1.165) is 31.6 Å². The molecule has 2 N–H and O–H groups in total. The summed E-state index contributed by atoms with van der Waals surface area (Å²) < 4.78 is 30.8. The fourth-order valence-corrected chi connectivity index (χ4v) is 3.24. The lowest BCUT2D eigenvalue weighted by atomic mass is 10.0. The molecule has 0 saturated carbocycles. The largest absolute Gasteiger partial charge is 0.381 e. The molecule has 1 aliphatic heterocycles. The average molecular weight is 340 g/mol. The number of aryl methyl sites for hydroxylation is 1. The summed E-state index contributed by atoms with van der Waals surface area (Å²) in [5.74, 6) is 0.544. The molecule has 0 spiro atoms. The number of hydrogen-bond donors (Lipinski definition) is 2. The third kappa shape index (κ3) is 5.60. The smallest absolute Gasteiger partial charge is 0.240 e. The highest BCUT2D eigenvalue weighted by atomic mass is 32.2. The van der Waals surface area contributed by atoms with Crippen molar-refractivity contribution in [2.45, 2.75) is 30.6 Å². The molecule has 2 rings (SSSR count). The van der Waals surface area contributed by atoms with E-state index < -0.39 is 10.0 Å². The van der Waals surface area contributed by atoms with Crippen LogP contribution in [0.1, 0.15) is 24.8 Å². The molecule has 128 valence electrons. The molecule has 1 heterocycles. The van der Waals surface area contributed by atoms with Gasteiger partial charge in [-0.1, -0.05) is 12.1 Å². The van der Waals surface area contributed by atoms with Crippen LogP contribution in [0.15, 0.2) is 29.2 Å². The molecule has 1 aromatic rings. The molecule has 6 nitrogen and oxygen atoms in total. The van der Waals surface area contributed by atoms with Crippen LogP contribution in [0, 0.1) is 5.92 Å². The van der Waals surface area contributed by atoms with Crippen molar-refractivity contribution in [3.05, 3.63) is 29.8 Å². The van der Waals surface area contributed by atoms with Gasteiger partial charge in [0.2, 0.25) is 15.9 Å². The number of ether oxygens (including phenoxy) is 1. The molecule has 1 fully saturated rings. The monoisotopic (exact) mass is 340 g/mol. The predicted molar refractivity (Wildman–Crippen MR) is 87.6 cm³/mol. The van der Waals surface area contributed by atoms with Crippen molar-refractivity contribution in [2.24, 2.45) is 5.92 Å². The van der Waals surface area contributed by atoms with Crippen LogP contribution in [-0.2, 0) is 26.0 Å². The van der Waals surface area contributed by atoms with Crippen LogP contribution < -0.4 is 10.0 Å². The zero-order valence-corrected chi connectivity index (χ0v) is 14.2. The summed E-state index contributed by atoms with van der Waals surface area (Å²) in [4.78, 5) is 12.1. The van der Waals surface area contributed by atoms with Gasteiger partial charge < -0.3 is 10.1 Å². The van der Waals surface area contributed by atoms with Crippen molar-refractivity contribution in [1.82, 2.24) is 10.0 Å². The molecule has 23 heavy (non-hydrogen) atoms. The number of sulfonamides is 1. The first-order valence-electron chi connectivity index (χ1n) is 7.88. The Morgan fingerprint density at radius 1 is 1.22 bits per heavy atom. The predicted octanol–water partition coefficient (Wildman–Crippen LogP) is 1.07. The summed E-state index contributed by atoms with van der Waals surface area (Å²) >= 11 is 0. The van der Waals surface area contributed by atoms with Crippen LogP contribution in [0.25, 0.3) is 0 Å². The van der Waals surface area contributed by atoms with Crippen LogP contribution in [-0.4, -0.2) is 41.1 Å². The minimum Gasteiger partial charge on any atom is -0.381 e. The molecule has 0 aliphatic carbocycles. The van der Waals surface area contributed by atoms with Crippen molar-refractivity contribution >= 4 is 15.9 Å². The van der Waals surface area contributed by atoms with E-state index in [9.17, 15) is 13.2 Å². The molecule has 0 atom stereocenters. The van der Waals surface area contributed by atoms with Crippen LogP contribution in [0.5, 0.6) is 0 Å². The highest BCUT2D eigenvalue weighted by molar-refractivity contribution is 7.89. The zero-order valence-electron chi connectivity index (χ0n) is 13.4. The van der Waals surface area contributed by atoms with Gasteiger partial charge >= 0.3 is 0 Å². The molecule has 0 unspecified atom stereocenters. The van der Waals surface area contributed by atoms with Crippen LogP contribution in [0.2, 0.25) is 0 Å². The van der Waals surface area contributed by atoms with Gasteiger partial charge in [0.15, 0.2) is 0 Å². The molecule has 1 aromatic carbocycles. The first-order chi connectivity index (χ1) is 11.0. The Morgan fingerprint density at radius 2 is 1.87 bits per heavy atom. The maximum atomic E-state index is 11.9. The number of benzene rings is 1. The number of carbonyl (C=O) groups excluding carboxylic acids is 1. The lowest BCUT2D eigenvalue weighted by Gasteiger charge is -2.22. The second-order valence-corrected chi connectivity index (χ2v) is 7.60. The maximum absolute atomic E-state index is 11.9. The van der Waals surface area contributed by atoms with Gasteiger partial charge in [-0.15, -0.1) is 0 Å². The van der Waals surface area contributed by atoms with E-state index in [1.165, 1.54) is 7.05 Å². The second-order valence-electron chi connectivity index (χ2n) is 5.71. The minimum atomic E-state index is -3.41. The fraction of sp³-hybridized carbons (Fsp3) is 0.562. The average Bonchev–Trinajstić information content (AvgIpc) is 2.59. The third-order valence-electron chi connectivity index (χ3n) is 4.07. The number of rotatable bonds is 7. The van der Waals surface area contributed by atoms with Gasteiger partial charge in [0.05, 0.1) is 4.90 Å². The fourth-order valence-electron chi connectivity index (χ4n) is 2.51. The van der Waals surface area contributed by atoms with E-state index in [4.69, 9.17) is 4.74 Å². The van der Waals surface area contributed by atoms with Gasteiger partial charge in [-0.05, 0) is 49.9 Å². The lowest BCUT2D eigenvalue weighted by molar-refractivity contribution is -0.121. The first kappa shape index (κ1) is 17.9. The third-order valence-corrected chi connectivity index (χ3v) is 5.50. The summed E-state index contributed by atoms with van der Waals surface area (Å²) in [6, 6.07) is 6.61. The maximum Gasteiger partial charge on any atom is 0.240 e. The van der Waals surface area contributed by atoms with Gasteiger partial charge in [0.1, 0.15) is 0 Å². The summed E-state index contributed by atoms with van der Waals surface area (Å²) in [5.41, 5.74) is 0.946. The standard InChI is InChI=1S/C16H24N2O4S/c1-17-23(20,21)15-5-2-13(3-6-15)4-7-16(19)18-12-14-8-10-22-11-9-14/h2-3,5-6,14,17H,4,7-12H2,1H3,(H,18,19). The Morgan fingerprint density at radius 3 is 2.48 bits per heavy atom.